The Hall–Kier alpha value is -1.34. The third-order valence-electron chi connectivity index (χ3n) is 5.93. The highest BCUT2D eigenvalue weighted by Crippen LogP contribution is 2.48. The number of aliphatic hydroxyl groups is 1. The quantitative estimate of drug-likeness (QED) is 0.724. The molecule has 0 aliphatic heterocycles. The molecule has 1 atom stereocenters. The Bertz CT molecular complexity index is 690. The van der Waals surface area contributed by atoms with Crippen molar-refractivity contribution < 1.29 is 5.11 Å². The van der Waals surface area contributed by atoms with Crippen LogP contribution in [0.1, 0.15) is 77.0 Å². The average molecular weight is 310 g/mol. The van der Waals surface area contributed by atoms with Crippen molar-refractivity contribution in [1.29, 1.82) is 0 Å². The molecule has 0 radical (unpaired) electrons. The molecule has 2 aliphatic rings. The maximum atomic E-state index is 11.3. The zero-order valence-corrected chi connectivity index (χ0v) is 15.3. The van der Waals surface area contributed by atoms with Gasteiger partial charge in [0.15, 0.2) is 0 Å². The molecule has 0 saturated carbocycles. The Kier molecular flexibility index (Phi) is 3.65. The zero-order valence-electron chi connectivity index (χ0n) is 15.3. The van der Waals surface area contributed by atoms with E-state index in [-0.39, 0.29) is 10.8 Å². The Morgan fingerprint density at radius 1 is 0.957 bits per heavy atom. The van der Waals surface area contributed by atoms with Crippen LogP contribution < -0.4 is 0 Å². The summed E-state index contributed by atoms with van der Waals surface area (Å²) < 4.78 is 0. The van der Waals surface area contributed by atoms with E-state index in [2.05, 4.69) is 65.5 Å². The van der Waals surface area contributed by atoms with Crippen LogP contribution in [0.4, 0.5) is 0 Å². The minimum absolute atomic E-state index is 0.174. The van der Waals surface area contributed by atoms with Gasteiger partial charge in [-0.15, -0.1) is 0 Å². The van der Waals surface area contributed by atoms with Crippen molar-refractivity contribution in [2.45, 2.75) is 76.7 Å². The topological polar surface area (TPSA) is 20.2 Å². The first kappa shape index (κ1) is 16.5. The van der Waals surface area contributed by atoms with E-state index in [9.17, 15) is 5.11 Å². The fraction of sp³-hybridized carbons (Fsp3) is 0.545. The molecule has 1 nitrogen and oxygen atoms in total. The van der Waals surface area contributed by atoms with Gasteiger partial charge >= 0.3 is 0 Å². The van der Waals surface area contributed by atoms with Gasteiger partial charge in [-0.05, 0) is 47.3 Å². The van der Waals surface area contributed by atoms with Crippen LogP contribution in [0.15, 0.2) is 42.0 Å². The maximum absolute atomic E-state index is 11.3. The molecule has 3 rings (SSSR count). The lowest BCUT2D eigenvalue weighted by Crippen LogP contribution is -2.35. The SMILES string of the molecule is C=C1C=C(C)CC(O)(c2ccc3c(c2)C(C)(C)CCC3(C)C)C1. The van der Waals surface area contributed by atoms with Crippen molar-refractivity contribution in [3.05, 3.63) is 58.7 Å². The van der Waals surface area contributed by atoms with Crippen LogP contribution in [-0.4, -0.2) is 5.11 Å². The molecule has 0 saturated heterocycles. The molecule has 0 amide bonds. The van der Waals surface area contributed by atoms with E-state index in [0.717, 1.165) is 11.1 Å². The van der Waals surface area contributed by atoms with Gasteiger partial charge in [-0.1, -0.05) is 69.7 Å². The van der Waals surface area contributed by atoms with Gasteiger partial charge in [0.05, 0.1) is 5.60 Å². The van der Waals surface area contributed by atoms with Crippen molar-refractivity contribution in [3.8, 4) is 0 Å². The maximum Gasteiger partial charge on any atom is 0.0973 e. The van der Waals surface area contributed by atoms with Crippen LogP contribution in [0, 0.1) is 0 Å². The van der Waals surface area contributed by atoms with Crippen LogP contribution in [0.3, 0.4) is 0 Å². The lowest BCUT2D eigenvalue weighted by Gasteiger charge is -2.43. The smallest absolute Gasteiger partial charge is 0.0973 e. The van der Waals surface area contributed by atoms with E-state index in [0.29, 0.717) is 12.8 Å². The van der Waals surface area contributed by atoms with Gasteiger partial charge in [-0.25, -0.2) is 0 Å². The molecule has 23 heavy (non-hydrogen) atoms. The first-order valence-electron chi connectivity index (χ1n) is 8.76. The second-order valence-corrected chi connectivity index (χ2v) is 9.06. The zero-order chi connectivity index (χ0) is 17.0. The molecule has 0 fully saturated rings. The summed E-state index contributed by atoms with van der Waals surface area (Å²) in [5.74, 6) is 0. The lowest BCUT2D eigenvalue weighted by molar-refractivity contribution is 0.0347. The summed E-state index contributed by atoms with van der Waals surface area (Å²) >= 11 is 0. The van der Waals surface area contributed by atoms with Crippen LogP contribution in [0.2, 0.25) is 0 Å². The molecule has 0 heterocycles. The highest BCUT2D eigenvalue weighted by atomic mass is 16.3. The van der Waals surface area contributed by atoms with Gasteiger partial charge in [0, 0.05) is 12.8 Å². The summed E-state index contributed by atoms with van der Waals surface area (Å²) in [6.07, 6.45) is 5.86. The van der Waals surface area contributed by atoms with Gasteiger partial charge in [0.25, 0.3) is 0 Å². The molecular weight excluding hydrogens is 280 g/mol. The first-order valence-corrected chi connectivity index (χ1v) is 8.76. The highest BCUT2D eigenvalue weighted by molar-refractivity contribution is 5.46. The Balaban J connectivity index is 2.11. The summed E-state index contributed by atoms with van der Waals surface area (Å²) in [7, 11) is 0. The molecular formula is C22H30O. The second kappa shape index (κ2) is 5.08. The van der Waals surface area contributed by atoms with Crippen molar-refractivity contribution in [3.63, 3.8) is 0 Å². The Labute approximate surface area is 141 Å². The Morgan fingerprint density at radius 2 is 1.57 bits per heavy atom. The van der Waals surface area contributed by atoms with Crippen molar-refractivity contribution in [2.75, 3.05) is 0 Å². The Morgan fingerprint density at radius 3 is 2.17 bits per heavy atom. The summed E-state index contributed by atoms with van der Waals surface area (Å²) in [6, 6.07) is 6.69. The van der Waals surface area contributed by atoms with Crippen LogP contribution in [0.25, 0.3) is 0 Å². The number of fused-ring (bicyclic) bond motifs is 1. The number of hydrogen-bond donors (Lipinski definition) is 1. The molecule has 1 aromatic carbocycles. The van der Waals surface area contributed by atoms with E-state index in [1.165, 1.54) is 29.5 Å². The molecule has 1 aromatic rings. The number of hydrogen-bond acceptors (Lipinski definition) is 1. The lowest BCUT2D eigenvalue weighted by atomic mass is 9.62. The third kappa shape index (κ3) is 2.80. The molecule has 124 valence electrons. The van der Waals surface area contributed by atoms with E-state index in [4.69, 9.17) is 0 Å². The average Bonchev–Trinajstić information content (AvgIpc) is 2.42. The van der Waals surface area contributed by atoms with Crippen LogP contribution in [0.5, 0.6) is 0 Å². The third-order valence-corrected chi connectivity index (χ3v) is 5.93. The van der Waals surface area contributed by atoms with Crippen molar-refractivity contribution in [1.82, 2.24) is 0 Å². The standard InChI is InChI=1S/C22H30O/c1-15-11-16(2)14-22(23,13-15)17-7-8-18-19(12-17)21(5,6)10-9-20(18,3)4/h7-8,11-12,23H,1,9-10,13-14H2,2-6H3. The largest absolute Gasteiger partial charge is 0.384 e. The van der Waals surface area contributed by atoms with Gasteiger partial charge in [-0.2, -0.15) is 0 Å². The summed E-state index contributed by atoms with van der Waals surface area (Å²) in [6.45, 7) is 15.5. The molecule has 2 aliphatic carbocycles. The summed E-state index contributed by atoms with van der Waals surface area (Å²) in [4.78, 5) is 0. The predicted molar refractivity (Wildman–Crippen MR) is 97.8 cm³/mol. The van der Waals surface area contributed by atoms with E-state index in [1.807, 2.05) is 0 Å². The fourth-order valence-corrected chi connectivity index (χ4v) is 4.43. The molecule has 1 N–H and O–H groups in total. The summed E-state index contributed by atoms with van der Waals surface area (Å²) in [5.41, 5.74) is 5.74. The van der Waals surface area contributed by atoms with Gasteiger partial charge < -0.3 is 5.11 Å². The van der Waals surface area contributed by atoms with Gasteiger partial charge in [-0.3, -0.25) is 0 Å². The van der Waals surface area contributed by atoms with E-state index >= 15 is 0 Å². The van der Waals surface area contributed by atoms with Crippen molar-refractivity contribution >= 4 is 0 Å². The van der Waals surface area contributed by atoms with E-state index < -0.39 is 5.60 Å². The second-order valence-electron chi connectivity index (χ2n) is 9.06. The normalized spacial score (nSPS) is 29.0. The van der Waals surface area contributed by atoms with Gasteiger partial charge in [0.1, 0.15) is 0 Å². The summed E-state index contributed by atoms with van der Waals surface area (Å²) in [5, 5.41) is 11.3. The molecule has 1 unspecified atom stereocenters. The number of allylic oxidation sites excluding steroid dienone is 1. The molecule has 0 aromatic heterocycles. The highest BCUT2D eigenvalue weighted by Gasteiger charge is 2.39. The predicted octanol–water partition coefficient (Wildman–Crippen LogP) is 5.52. The monoisotopic (exact) mass is 310 g/mol. The molecule has 1 heteroatoms. The molecule has 0 bridgehead atoms. The first-order chi connectivity index (χ1) is 10.5. The number of rotatable bonds is 1. The fourth-order valence-electron chi connectivity index (χ4n) is 4.43. The van der Waals surface area contributed by atoms with Crippen molar-refractivity contribution in [2.24, 2.45) is 0 Å². The minimum Gasteiger partial charge on any atom is -0.384 e. The van der Waals surface area contributed by atoms with Crippen LogP contribution >= 0.6 is 0 Å². The van der Waals surface area contributed by atoms with Gasteiger partial charge in [0.2, 0.25) is 0 Å². The van der Waals surface area contributed by atoms with Crippen LogP contribution in [-0.2, 0) is 16.4 Å². The van der Waals surface area contributed by atoms with E-state index in [1.54, 1.807) is 0 Å². The minimum atomic E-state index is -0.803. The molecule has 0 spiro atoms. The number of benzene rings is 1.